The highest BCUT2D eigenvalue weighted by atomic mass is 19.1. The Balaban J connectivity index is 1.20. The summed E-state index contributed by atoms with van der Waals surface area (Å²) in [6.07, 6.45) is 6.21. The molecule has 2 N–H and O–H groups in total. The largest absolute Gasteiger partial charge is 0.347 e. The maximum absolute atomic E-state index is 14.5. The lowest BCUT2D eigenvalue weighted by atomic mass is 10.1. The standard InChI is InChI=1S/C27H21F2N7O2/c28-19-2-4-21(5-3-19)36-13-18(12-33-36)17-7-15(8-20(29)9-17)11-30-27(38)24-23-26(32-14-31-24)35-25(34-23)16-1-6-22(37)10-16/h2-5,7-9,12-14,16H,1,6,10-11H2,(H,30,38)(H,31,32,34,35)/t16-/m1/s1. The number of carbonyl (C=O) groups excluding carboxylic acids is 2. The molecule has 1 atom stereocenters. The summed E-state index contributed by atoms with van der Waals surface area (Å²) in [6, 6.07) is 10.4. The van der Waals surface area contributed by atoms with Crippen molar-refractivity contribution in [1.82, 2.24) is 35.0 Å². The molecule has 190 valence electrons. The molecule has 1 aliphatic carbocycles. The van der Waals surface area contributed by atoms with E-state index in [2.05, 4.69) is 30.4 Å². The second-order valence-electron chi connectivity index (χ2n) is 9.20. The minimum atomic E-state index is -0.468. The van der Waals surface area contributed by atoms with E-state index in [9.17, 15) is 18.4 Å². The summed E-state index contributed by atoms with van der Waals surface area (Å²) in [5, 5.41) is 7.07. The van der Waals surface area contributed by atoms with Crippen molar-refractivity contribution in [2.45, 2.75) is 31.7 Å². The number of hydrogen-bond acceptors (Lipinski definition) is 6. The van der Waals surface area contributed by atoms with Crippen LogP contribution in [0, 0.1) is 11.6 Å². The third-order valence-electron chi connectivity index (χ3n) is 6.57. The van der Waals surface area contributed by atoms with Crippen LogP contribution in [0.2, 0.25) is 0 Å². The SMILES string of the molecule is O=C1CC[C@@H](c2nc3ncnc(C(=O)NCc4cc(F)cc(-c5cnn(-c6ccc(F)cc6)c5)c4)c3[nH]2)C1. The quantitative estimate of drug-likeness (QED) is 0.351. The lowest BCUT2D eigenvalue weighted by Crippen LogP contribution is -2.24. The van der Waals surface area contributed by atoms with E-state index >= 15 is 0 Å². The fraction of sp³-hybridized carbons (Fsp3) is 0.185. The number of H-pyrrole nitrogens is 1. The molecule has 6 rings (SSSR count). The van der Waals surface area contributed by atoms with Gasteiger partial charge in [0.05, 0.1) is 11.9 Å². The van der Waals surface area contributed by atoms with Crippen molar-refractivity contribution >= 4 is 22.9 Å². The molecule has 0 radical (unpaired) electrons. The number of benzene rings is 2. The first-order chi connectivity index (χ1) is 18.4. The first-order valence-corrected chi connectivity index (χ1v) is 12.0. The van der Waals surface area contributed by atoms with E-state index in [0.717, 1.165) is 0 Å². The summed E-state index contributed by atoms with van der Waals surface area (Å²) in [7, 11) is 0. The van der Waals surface area contributed by atoms with E-state index in [1.807, 2.05) is 0 Å². The third kappa shape index (κ3) is 4.65. The number of aromatic amines is 1. The smallest absolute Gasteiger partial charge is 0.272 e. The van der Waals surface area contributed by atoms with Gasteiger partial charge in [0.15, 0.2) is 11.3 Å². The minimum absolute atomic E-state index is 0.0225. The van der Waals surface area contributed by atoms with Crippen molar-refractivity contribution in [2.75, 3.05) is 0 Å². The van der Waals surface area contributed by atoms with Gasteiger partial charge in [-0.05, 0) is 60.0 Å². The fourth-order valence-corrected chi connectivity index (χ4v) is 4.65. The minimum Gasteiger partial charge on any atom is -0.347 e. The summed E-state index contributed by atoms with van der Waals surface area (Å²) >= 11 is 0. The Morgan fingerprint density at radius 1 is 1.08 bits per heavy atom. The van der Waals surface area contributed by atoms with Gasteiger partial charge in [-0.2, -0.15) is 5.10 Å². The lowest BCUT2D eigenvalue weighted by molar-refractivity contribution is -0.117. The summed E-state index contributed by atoms with van der Waals surface area (Å²) in [6.45, 7) is 0.0549. The monoisotopic (exact) mass is 513 g/mol. The van der Waals surface area contributed by atoms with Crippen LogP contribution in [-0.4, -0.2) is 41.4 Å². The highest BCUT2D eigenvalue weighted by molar-refractivity contribution is 6.02. The molecule has 2 aromatic carbocycles. The Bertz CT molecular complexity index is 1680. The number of aromatic nitrogens is 6. The number of carbonyl (C=O) groups is 2. The van der Waals surface area contributed by atoms with Crippen molar-refractivity contribution in [1.29, 1.82) is 0 Å². The summed E-state index contributed by atoms with van der Waals surface area (Å²) in [4.78, 5) is 40.5. The number of nitrogens with one attached hydrogen (secondary N) is 2. The van der Waals surface area contributed by atoms with Gasteiger partial charge < -0.3 is 10.3 Å². The Morgan fingerprint density at radius 3 is 2.71 bits per heavy atom. The Labute approximate surface area is 215 Å². The first-order valence-electron chi connectivity index (χ1n) is 12.0. The van der Waals surface area contributed by atoms with Gasteiger partial charge in [-0.25, -0.2) is 28.4 Å². The average Bonchev–Trinajstić information content (AvgIpc) is 3.66. The van der Waals surface area contributed by atoms with Crippen molar-refractivity contribution in [3.8, 4) is 16.8 Å². The number of imidazole rings is 1. The molecule has 3 heterocycles. The van der Waals surface area contributed by atoms with Crippen LogP contribution in [0.3, 0.4) is 0 Å². The van der Waals surface area contributed by atoms with Crippen LogP contribution < -0.4 is 5.32 Å². The van der Waals surface area contributed by atoms with E-state index in [1.54, 1.807) is 35.3 Å². The zero-order valence-electron chi connectivity index (χ0n) is 20.0. The number of Topliss-reactive ketones (excluding diaryl/α,β-unsaturated/α-hetero) is 1. The number of fused-ring (bicyclic) bond motifs is 1. The van der Waals surface area contributed by atoms with Gasteiger partial charge in [-0.3, -0.25) is 9.59 Å². The highest BCUT2D eigenvalue weighted by Gasteiger charge is 2.27. The normalized spacial score (nSPS) is 15.3. The zero-order chi connectivity index (χ0) is 26.2. The van der Waals surface area contributed by atoms with Gasteiger partial charge in [0.25, 0.3) is 5.91 Å². The molecule has 1 fully saturated rings. The van der Waals surface area contributed by atoms with Gasteiger partial charge in [0.2, 0.25) is 0 Å². The number of rotatable bonds is 6. The van der Waals surface area contributed by atoms with Crippen molar-refractivity contribution < 1.29 is 18.4 Å². The molecule has 0 saturated heterocycles. The fourth-order valence-electron chi connectivity index (χ4n) is 4.65. The second-order valence-corrected chi connectivity index (χ2v) is 9.20. The van der Waals surface area contributed by atoms with Crippen LogP contribution in [0.15, 0.2) is 61.2 Å². The molecule has 1 aliphatic rings. The maximum atomic E-state index is 14.5. The highest BCUT2D eigenvalue weighted by Crippen LogP contribution is 2.31. The maximum Gasteiger partial charge on any atom is 0.272 e. The van der Waals surface area contributed by atoms with Crippen LogP contribution in [0.1, 0.15) is 47.1 Å². The molecule has 38 heavy (non-hydrogen) atoms. The van der Waals surface area contributed by atoms with E-state index in [4.69, 9.17) is 0 Å². The molecular formula is C27H21F2N7O2. The average molecular weight is 514 g/mol. The van der Waals surface area contributed by atoms with Crippen LogP contribution in [0.5, 0.6) is 0 Å². The van der Waals surface area contributed by atoms with Gasteiger partial charge in [0, 0.05) is 37.1 Å². The van der Waals surface area contributed by atoms with Crippen LogP contribution in [0.25, 0.3) is 28.0 Å². The van der Waals surface area contributed by atoms with Crippen molar-refractivity contribution in [2.24, 2.45) is 0 Å². The molecule has 5 aromatic rings. The van der Waals surface area contributed by atoms with Gasteiger partial charge in [-0.1, -0.05) is 0 Å². The Hall–Kier alpha value is -4.80. The number of ketones is 1. The van der Waals surface area contributed by atoms with E-state index in [1.165, 1.54) is 30.6 Å². The Kier molecular flexibility index (Phi) is 5.95. The Morgan fingerprint density at radius 2 is 1.92 bits per heavy atom. The molecular weight excluding hydrogens is 492 g/mol. The van der Waals surface area contributed by atoms with Crippen LogP contribution in [-0.2, 0) is 11.3 Å². The van der Waals surface area contributed by atoms with Crippen molar-refractivity contribution in [3.05, 3.63) is 89.9 Å². The number of amides is 1. The lowest BCUT2D eigenvalue weighted by Gasteiger charge is -2.08. The topological polar surface area (TPSA) is 118 Å². The van der Waals surface area contributed by atoms with E-state index in [-0.39, 0.29) is 29.8 Å². The van der Waals surface area contributed by atoms with Crippen molar-refractivity contribution in [3.63, 3.8) is 0 Å². The molecule has 0 aliphatic heterocycles. The number of halogens is 2. The second kappa shape index (κ2) is 9.58. The van der Waals surface area contributed by atoms with E-state index < -0.39 is 11.7 Å². The molecule has 1 saturated carbocycles. The molecule has 3 aromatic heterocycles. The number of nitrogens with zero attached hydrogens (tertiary/aromatic N) is 5. The molecule has 0 unspecified atom stereocenters. The molecule has 0 bridgehead atoms. The van der Waals surface area contributed by atoms with E-state index in [0.29, 0.717) is 58.6 Å². The third-order valence-corrected chi connectivity index (χ3v) is 6.57. The van der Waals surface area contributed by atoms with Gasteiger partial charge >= 0.3 is 0 Å². The van der Waals surface area contributed by atoms with Crippen LogP contribution in [0.4, 0.5) is 8.78 Å². The molecule has 1 amide bonds. The van der Waals surface area contributed by atoms with Gasteiger partial charge in [-0.15, -0.1) is 0 Å². The first kappa shape index (κ1) is 23.6. The molecule has 9 nitrogen and oxygen atoms in total. The predicted molar refractivity (Wildman–Crippen MR) is 133 cm³/mol. The summed E-state index contributed by atoms with van der Waals surface area (Å²) in [5.41, 5.74) is 3.32. The molecule has 11 heteroatoms. The zero-order valence-corrected chi connectivity index (χ0v) is 20.0. The molecule has 0 spiro atoms. The van der Waals surface area contributed by atoms with Gasteiger partial charge in [0.1, 0.15) is 35.1 Å². The summed E-state index contributed by atoms with van der Waals surface area (Å²) < 4.78 is 29.3. The number of hydrogen-bond donors (Lipinski definition) is 2. The predicted octanol–water partition coefficient (Wildman–Crippen LogP) is 4.25. The van der Waals surface area contributed by atoms with Crippen LogP contribution >= 0.6 is 0 Å². The summed E-state index contributed by atoms with van der Waals surface area (Å²) in [5.74, 6) is -0.488.